The highest BCUT2D eigenvalue weighted by atomic mass is 35.5. The van der Waals surface area contributed by atoms with Crippen molar-refractivity contribution in [2.24, 2.45) is 0 Å². The van der Waals surface area contributed by atoms with Gasteiger partial charge in [-0.15, -0.1) is 0 Å². The van der Waals surface area contributed by atoms with Crippen LogP contribution >= 0.6 is 11.6 Å². The predicted octanol–water partition coefficient (Wildman–Crippen LogP) is 3.18. The maximum absolute atomic E-state index is 14.7. The Kier molecular flexibility index (Phi) is 5.60. The van der Waals surface area contributed by atoms with Crippen LogP contribution in [-0.2, 0) is 16.1 Å². The highest BCUT2D eigenvalue weighted by Crippen LogP contribution is 2.33. The molecule has 166 valence electrons. The van der Waals surface area contributed by atoms with Gasteiger partial charge in [0.25, 0.3) is 5.91 Å². The first-order valence-electron chi connectivity index (χ1n) is 9.84. The standard InChI is InChI=1S/C22H19ClFN3O5/c1-11-3-4-12(7-16(11)23)26(2)22(31)32-13-8-14-15(17(24)9-13)10-27(21(14)30)18-5-6-19(28)25-20(18)29/h3-4,7-9,18H,5-6,10H2,1-2H3,(H,25,28,29). The fourth-order valence-corrected chi connectivity index (χ4v) is 3.89. The van der Waals surface area contributed by atoms with Gasteiger partial charge in [0.2, 0.25) is 11.8 Å². The van der Waals surface area contributed by atoms with Crippen LogP contribution < -0.4 is 15.0 Å². The first kappa shape index (κ1) is 21.8. The number of nitrogens with zero attached hydrogens (tertiary/aromatic N) is 2. The van der Waals surface area contributed by atoms with Crippen molar-refractivity contribution >= 4 is 41.1 Å². The summed E-state index contributed by atoms with van der Waals surface area (Å²) in [5, 5.41) is 2.67. The van der Waals surface area contributed by atoms with Crippen molar-refractivity contribution < 1.29 is 28.3 Å². The molecule has 1 atom stereocenters. The zero-order chi connectivity index (χ0) is 23.2. The maximum atomic E-state index is 14.7. The van der Waals surface area contributed by atoms with Gasteiger partial charge in [0.05, 0.1) is 12.1 Å². The van der Waals surface area contributed by atoms with E-state index in [0.29, 0.717) is 10.7 Å². The van der Waals surface area contributed by atoms with Crippen LogP contribution in [0.3, 0.4) is 0 Å². The Morgan fingerprint density at radius 1 is 1.25 bits per heavy atom. The number of piperidine rings is 1. The van der Waals surface area contributed by atoms with Crippen LogP contribution in [0, 0.1) is 12.7 Å². The van der Waals surface area contributed by atoms with Crippen molar-refractivity contribution in [1.29, 1.82) is 0 Å². The van der Waals surface area contributed by atoms with Crippen LogP contribution in [0.2, 0.25) is 5.02 Å². The largest absolute Gasteiger partial charge is 0.419 e. The lowest BCUT2D eigenvalue weighted by atomic mass is 10.0. The zero-order valence-corrected chi connectivity index (χ0v) is 18.0. The third kappa shape index (κ3) is 3.91. The lowest BCUT2D eigenvalue weighted by Gasteiger charge is -2.29. The van der Waals surface area contributed by atoms with Gasteiger partial charge in [0.1, 0.15) is 17.6 Å². The van der Waals surface area contributed by atoms with E-state index in [0.717, 1.165) is 11.6 Å². The number of ether oxygens (including phenoxy) is 1. The lowest BCUT2D eigenvalue weighted by Crippen LogP contribution is -2.52. The van der Waals surface area contributed by atoms with Gasteiger partial charge in [-0.3, -0.25) is 24.6 Å². The summed E-state index contributed by atoms with van der Waals surface area (Å²) in [5.41, 5.74) is 1.45. The van der Waals surface area contributed by atoms with Crippen LogP contribution in [0.4, 0.5) is 14.9 Å². The molecule has 1 fully saturated rings. The average Bonchev–Trinajstić information content (AvgIpc) is 3.06. The number of aryl methyl sites for hydroxylation is 1. The highest BCUT2D eigenvalue weighted by Gasteiger charge is 2.40. The molecule has 2 aromatic rings. The molecule has 0 aromatic heterocycles. The van der Waals surface area contributed by atoms with E-state index in [1.807, 2.05) is 6.92 Å². The van der Waals surface area contributed by atoms with E-state index >= 15 is 0 Å². The van der Waals surface area contributed by atoms with Crippen molar-refractivity contribution in [3.8, 4) is 5.75 Å². The quantitative estimate of drug-likeness (QED) is 0.711. The number of anilines is 1. The first-order chi connectivity index (χ1) is 15.2. The number of imide groups is 1. The number of hydrogen-bond acceptors (Lipinski definition) is 5. The molecule has 0 aliphatic carbocycles. The summed E-state index contributed by atoms with van der Waals surface area (Å²) in [5.74, 6) is -2.43. The van der Waals surface area contributed by atoms with Gasteiger partial charge in [-0.1, -0.05) is 17.7 Å². The molecule has 2 aliphatic heterocycles. The molecule has 8 nitrogen and oxygen atoms in total. The number of rotatable bonds is 3. The zero-order valence-electron chi connectivity index (χ0n) is 17.3. The number of hydrogen-bond donors (Lipinski definition) is 1. The number of nitrogens with one attached hydrogen (secondary N) is 1. The summed E-state index contributed by atoms with van der Waals surface area (Å²) in [6, 6.07) is 6.47. The topological polar surface area (TPSA) is 96.0 Å². The summed E-state index contributed by atoms with van der Waals surface area (Å²) >= 11 is 6.10. The van der Waals surface area contributed by atoms with Crippen molar-refractivity contribution in [1.82, 2.24) is 10.2 Å². The summed E-state index contributed by atoms with van der Waals surface area (Å²) in [6.45, 7) is 1.72. The second kappa shape index (κ2) is 8.23. The third-order valence-electron chi connectivity index (χ3n) is 5.60. The van der Waals surface area contributed by atoms with Gasteiger partial charge in [-0.25, -0.2) is 9.18 Å². The van der Waals surface area contributed by atoms with Gasteiger partial charge in [0, 0.05) is 35.8 Å². The molecule has 0 bridgehead atoms. The van der Waals surface area contributed by atoms with E-state index in [2.05, 4.69) is 5.32 Å². The van der Waals surface area contributed by atoms with E-state index in [-0.39, 0.29) is 36.3 Å². The van der Waals surface area contributed by atoms with Gasteiger partial charge in [0.15, 0.2) is 0 Å². The number of carbonyl (C=O) groups excluding carboxylic acids is 4. The van der Waals surface area contributed by atoms with Gasteiger partial charge < -0.3 is 9.64 Å². The van der Waals surface area contributed by atoms with E-state index in [1.54, 1.807) is 18.2 Å². The molecule has 10 heteroatoms. The molecule has 2 aliphatic rings. The Morgan fingerprint density at radius 3 is 2.69 bits per heavy atom. The molecule has 2 heterocycles. The van der Waals surface area contributed by atoms with Gasteiger partial charge >= 0.3 is 6.09 Å². The molecule has 0 spiro atoms. The summed E-state index contributed by atoms with van der Waals surface area (Å²) in [6.07, 6.45) is -0.536. The van der Waals surface area contributed by atoms with Gasteiger partial charge in [-0.2, -0.15) is 0 Å². The Labute approximate surface area is 187 Å². The average molecular weight is 460 g/mol. The molecule has 4 amide bonds. The molecule has 1 saturated heterocycles. The second-order valence-corrected chi connectivity index (χ2v) is 8.10. The van der Waals surface area contributed by atoms with Crippen molar-refractivity contribution in [3.63, 3.8) is 0 Å². The molecule has 2 aromatic carbocycles. The Morgan fingerprint density at radius 2 is 2.00 bits per heavy atom. The number of fused-ring (bicyclic) bond motifs is 1. The number of halogens is 2. The van der Waals surface area contributed by atoms with Crippen molar-refractivity contribution in [3.05, 3.63) is 57.9 Å². The smallest absolute Gasteiger partial charge is 0.410 e. The molecule has 1 N–H and O–H groups in total. The van der Waals surface area contributed by atoms with Crippen LogP contribution in [0.25, 0.3) is 0 Å². The summed E-state index contributed by atoms with van der Waals surface area (Å²) in [7, 11) is 1.48. The minimum absolute atomic E-state index is 0.0125. The van der Waals surface area contributed by atoms with E-state index < -0.39 is 35.7 Å². The molecule has 0 radical (unpaired) electrons. The summed E-state index contributed by atoms with van der Waals surface area (Å²) in [4.78, 5) is 51.3. The summed E-state index contributed by atoms with van der Waals surface area (Å²) < 4.78 is 20.0. The van der Waals surface area contributed by atoms with Crippen molar-refractivity contribution in [2.45, 2.75) is 32.4 Å². The SMILES string of the molecule is Cc1ccc(N(C)C(=O)Oc2cc(F)c3c(c2)C(=O)N(C2CCC(=O)NC2=O)C3)cc1Cl. The molecular weight excluding hydrogens is 441 g/mol. The minimum atomic E-state index is -0.865. The Bertz CT molecular complexity index is 1170. The number of amides is 4. The minimum Gasteiger partial charge on any atom is -0.410 e. The van der Waals surface area contributed by atoms with Crippen LogP contribution in [-0.4, -0.2) is 41.8 Å². The van der Waals surface area contributed by atoms with Crippen LogP contribution in [0.15, 0.2) is 30.3 Å². The van der Waals surface area contributed by atoms with E-state index in [4.69, 9.17) is 16.3 Å². The van der Waals surface area contributed by atoms with Crippen LogP contribution in [0.5, 0.6) is 5.75 Å². The molecular formula is C22H19ClFN3O5. The Balaban J connectivity index is 1.53. The highest BCUT2D eigenvalue weighted by molar-refractivity contribution is 6.31. The molecule has 4 rings (SSSR count). The second-order valence-electron chi connectivity index (χ2n) is 7.69. The van der Waals surface area contributed by atoms with E-state index in [1.165, 1.54) is 22.9 Å². The van der Waals surface area contributed by atoms with Crippen LogP contribution in [0.1, 0.15) is 34.3 Å². The molecule has 32 heavy (non-hydrogen) atoms. The van der Waals surface area contributed by atoms with E-state index in [9.17, 15) is 23.6 Å². The maximum Gasteiger partial charge on any atom is 0.419 e. The Hall–Kier alpha value is -3.46. The fraction of sp³-hybridized carbons (Fsp3) is 0.273. The fourth-order valence-electron chi connectivity index (χ4n) is 3.72. The first-order valence-corrected chi connectivity index (χ1v) is 10.2. The normalized spacial score (nSPS) is 17.8. The molecule has 1 unspecified atom stereocenters. The lowest BCUT2D eigenvalue weighted by molar-refractivity contribution is -0.136. The van der Waals surface area contributed by atoms with Gasteiger partial charge in [-0.05, 0) is 37.1 Å². The number of carbonyl (C=O) groups is 4. The number of benzene rings is 2. The monoisotopic (exact) mass is 459 g/mol. The predicted molar refractivity (Wildman–Crippen MR) is 113 cm³/mol. The molecule has 0 saturated carbocycles. The third-order valence-corrected chi connectivity index (χ3v) is 6.00. The van der Waals surface area contributed by atoms with Crippen molar-refractivity contribution in [2.75, 3.05) is 11.9 Å².